The fourth-order valence-corrected chi connectivity index (χ4v) is 9.07. The van der Waals surface area contributed by atoms with E-state index in [4.69, 9.17) is 12.2 Å². The van der Waals surface area contributed by atoms with Crippen LogP contribution in [0.1, 0.15) is 55.3 Å². The van der Waals surface area contributed by atoms with Gasteiger partial charge in [-0.25, -0.2) is 0 Å². The lowest BCUT2D eigenvalue weighted by atomic mass is 9.49. The van der Waals surface area contributed by atoms with Crippen LogP contribution in [0.2, 0.25) is 0 Å². The number of thioether (sulfide) groups is 1. The minimum absolute atomic E-state index is 0.00945. The summed E-state index contributed by atoms with van der Waals surface area (Å²) in [5.41, 5.74) is 7.11. The fraction of sp³-hybridized carbons (Fsp3) is 0.387. The maximum Gasteiger partial charge on any atom is 0.285 e. The van der Waals surface area contributed by atoms with E-state index in [1.165, 1.54) is 41.6 Å². The van der Waals surface area contributed by atoms with E-state index in [2.05, 4.69) is 53.3 Å². The van der Waals surface area contributed by atoms with E-state index in [0.29, 0.717) is 27.0 Å². The molecule has 1 N–H and O–H groups in total. The maximum absolute atomic E-state index is 13.6. The summed E-state index contributed by atoms with van der Waals surface area (Å²) in [6.07, 6.45) is 8.63. The molecule has 0 spiro atoms. The number of hydrogen-bond acceptors (Lipinski definition) is 4. The van der Waals surface area contributed by atoms with Gasteiger partial charge in [-0.1, -0.05) is 60.3 Å². The van der Waals surface area contributed by atoms with Crippen LogP contribution in [0.4, 0.5) is 0 Å². The SMILES string of the molecule is Cc1c(/C=C2\SC(=S)N(NC(=O)C34CC5CC(CC(C5)C3)C4)C2=O)c2ccccc2n1Cc1ccccc1. The van der Waals surface area contributed by atoms with Crippen LogP contribution in [0.25, 0.3) is 17.0 Å². The predicted octanol–water partition coefficient (Wildman–Crippen LogP) is 6.45. The predicted molar refractivity (Wildman–Crippen MR) is 156 cm³/mol. The average molecular weight is 542 g/mol. The molecule has 1 saturated heterocycles. The molecule has 7 heteroatoms. The number of carbonyl (C=O) groups is 2. The van der Waals surface area contributed by atoms with Crippen molar-refractivity contribution in [2.24, 2.45) is 23.2 Å². The van der Waals surface area contributed by atoms with Crippen LogP contribution >= 0.6 is 24.0 Å². The number of fused-ring (bicyclic) bond motifs is 1. The highest BCUT2D eigenvalue weighted by atomic mass is 32.2. The standard InChI is InChI=1S/C31H31N3O2S2/c1-19-25(24-9-5-6-10-26(24)33(19)18-20-7-3-2-4-8-20)14-27-28(35)34(30(37)38-27)32-29(36)31-15-21-11-22(16-31)13-23(12-21)17-31/h2-10,14,21-23H,11-13,15-18H2,1H3,(H,32,36)/b27-14-. The Hall–Kier alpha value is -2.90. The Morgan fingerprint density at radius 2 is 1.66 bits per heavy atom. The molecule has 2 aromatic carbocycles. The quantitative estimate of drug-likeness (QED) is 0.298. The highest BCUT2D eigenvalue weighted by Gasteiger charge is 2.55. The van der Waals surface area contributed by atoms with Gasteiger partial charge in [-0.3, -0.25) is 15.0 Å². The van der Waals surface area contributed by atoms with Crippen molar-refractivity contribution in [3.05, 3.63) is 76.3 Å². The molecule has 4 bridgehead atoms. The van der Waals surface area contributed by atoms with Gasteiger partial charge in [0.1, 0.15) is 0 Å². The van der Waals surface area contributed by atoms with E-state index in [9.17, 15) is 9.59 Å². The summed E-state index contributed by atoms with van der Waals surface area (Å²) in [6, 6.07) is 18.7. The minimum Gasteiger partial charge on any atom is -0.340 e. The van der Waals surface area contributed by atoms with Gasteiger partial charge >= 0.3 is 0 Å². The van der Waals surface area contributed by atoms with Crippen LogP contribution in [0, 0.1) is 30.1 Å². The van der Waals surface area contributed by atoms with Crippen LogP contribution in [0.5, 0.6) is 0 Å². The van der Waals surface area contributed by atoms with Gasteiger partial charge in [0.25, 0.3) is 5.91 Å². The topological polar surface area (TPSA) is 54.3 Å². The zero-order valence-corrected chi connectivity index (χ0v) is 23.1. The van der Waals surface area contributed by atoms with Gasteiger partial charge in [0.05, 0.1) is 10.3 Å². The Kier molecular flexibility index (Phi) is 5.78. The van der Waals surface area contributed by atoms with E-state index in [1.807, 2.05) is 24.3 Å². The van der Waals surface area contributed by atoms with Gasteiger partial charge in [-0.15, -0.1) is 0 Å². The summed E-state index contributed by atoms with van der Waals surface area (Å²) in [4.78, 5) is 27.7. The number of hydrazine groups is 1. The third kappa shape index (κ3) is 3.93. The number of amides is 2. The number of aromatic nitrogens is 1. The van der Waals surface area contributed by atoms with E-state index >= 15 is 0 Å². The molecule has 5 aliphatic rings. The van der Waals surface area contributed by atoms with Crippen LogP contribution in [-0.2, 0) is 16.1 Å². The van der Waals surface area contributed by atoms with Crippen molar-refractivity contribution in [1.82, 2.24) is 15.0 Å². The Bertz CT molecular complexity index is 1470. The number of thiocarbonyl (C=S) groups is 1. The van der Waals surface area contributed by atoms with Crippen molar-refractivity contribution in [2.45, 2.75) is 52.0 Å². The molecule has 0 radical (unpaired) electrons. The molecule has 2 heterocycles. The molecule has 1 aromatic heterocycles. The number of nitrogens with one attached hydrogen (secondary N) is 1. The first kappa shape index (κ1) is 24.2. The number of carbonyl (C=O) groups excluding carboxylic acids is 2. The fourth-order valence-electron chi connectivity index (χ4n) is 7.91. The molecule has 4 aliphatic carbocycles. The van der Waals surface area contributed by atoms with Crippen molar-refractivity contribution < 1.29 is 9.59 Å². The highest BCUT2D eigenvalue weighted by Crippen LogP contribution is 2.60. The summed E-state index contributed by atoms with van der Waals surface area (Å²) in [5, 5.41) is 2.43. The molecule has 1 aliphatic heterocycles. The molecule has 3 aromatic rings. The monoisotopic (exact) mass is 541 g/mol. The van der Waals surface area contributed by atoms with Crippen molar-refractivity contribution in [3.8, 4) is 0 Å². The summed E-state index contributed by atoms with van der Waals surface area (Å²) in [5.74, 6) is 1.74. The van der Waals surface area contributed by atoms with Crippen LogP contribution in [-0.4, -0.2) is 25.7 Å². The molecule has 5 nitrogen and oxygen atoms in total. The first-order valence-electron chi connectivity index (χ1n) is 13.6. The molecule has 0 unspecified atom stereocenters. The van der Waals surface area contributed by atoms with Crippen molar-refractivity contribution in [1.29, 1.82) is 0 Å². The van der Waals surface area contributed by atoms with Gasteiger partial charge in [-0.2, -0.15) is 5.01 Å². The molecule has 38 heavy (non-hydrogen) atoms. The van der Waals surface area contributed by atoms with Gasteiger partial charge in [0.2, 0.25) is 5.91 Å². The van der Waals surface area contributed by atoms with Crippen LogP contribution in [0.15, 0.2) is 59.5 Å². The zero-order valence-electron chi connectivity index (χ0n) is 21.5. The zero-order chi connectivity index (χ0) is 26.0. The average Bonchev–Trinajstić information content (AvgIpc) is 3.31. The third-order valence-corrected chi connectivity index (χ3v) is 10.6. The molecule has 4 saturated carbocycles. The second-order valence-corrected chi connectivity index (χ2v) is 13.4. The summed E-state index contributed by atoms with van der Waals surface area (Å²) in [6.45, 7) is 2.85. The van der Waals surface area contributed by atoms with E-state index in [-0.39, 0.29) is 17.2 Å². The largest absolute Gasteiger partial charge is 0.340 e. The Morgan fingerprint density at radius 3 is 2.34 bits per heavy atom. The normalized spacial score (nSPS) is 29.1. The number of rotatable bonds is 5. The molecule has 2 amide bonds. The van der Waals surface area contributed by atoms with Gasteiger partial charge in [0, 0.05) is 28.7 Å². The molecular formula is C31H31N3O2S2. The molecule has 8 rings (SSSR count). The van der Waals surface area contributed by atoms with E-state index < -0.39 is 0 Å². The van der Waals surface area contributed by atoms with Gasteiger partial charge < -0.3 is 4.57 Å². The second kappa shape index (κ2) is 9.09. The first-order valence-corrected chi connectivity index (χ1v) is 14.8. The van der Waals surface area contributed by atoms with Crippen molar-refractivity contribution >= 4 is 57.1 Å². The number of nitrogens with zero attached hydrogens (tertiary/aromatic N) is 2. The van der Waals surface area contributed by atoms with Crippen molar-refractivity contribution in [2.75, 3.05) is 0 Å². The lowest BCUT2D eigenvalue weighted by Crippen LogP contribution is -2.57. The Labute approximate surface area is 232 Å². The van der Waals surface area contributed by atoms with E-state index in [0.717, 1.165) is 48.0 Å². The van der Waals surface area contributed by atoms with Crippen molar-refractivity contribution in [3.63, 3.8) is 0 Å². The minimum atomic E-state index is -0.330. The number of hydrogen-bond donors (Lipinski definition) is 1. The van der Waals surface area contributed by atoms with Crippen LogP contribution in [0.3, 0.4) is 0 Å². The second-order valence-electron chi connectivity index (χ2n) is 11.7. The highest BCUT2D eigenvalue weighted by molar-refractivity contribution is 8.26. The number of para-hydroxylation sites is 1. The maximum atomic E-state index is 13.6. The lowest BCUT2D eigenvalue weighted by molar-refractivity contribution is -0.152. The smallest absolute Gasteiger partial charge is 0.285 e. The molecule has 5 fully saturated rings. The molecular weight excluding hydrogens is 510 g/mol. The first-order chi connectivity index (χ1) is 18.4. The Balaban J connectivity index is 1.17. The Morgan fingerprint density at radius 1 is 1.03 bits per heavy atom. The van der Waals surface area contributed by atoms with E-state index in [1.54, 1.807) is 0 Å². The summed E-state index contributed by atoms with van der Waals surface area (Å²) < 4.78 is 2.69. The van der Waals surface area contributed by atoms with Gasteiger partial charge in [-0.05, 0) is 93.1 Å². The number of benzene rings is 2. The summed E-state index contributed by atoms with van der Waals surface area (Å²) >= 11 is 6.87. The van der Waals surface area contributed by atoms with Gasteiger partial charge in [0.15, 0.2) is 4.32 Å². The molecule has 0 atom stereocenters. The summed E-state index contributed by atoms with van der Waals surface area (Å²) in [7, 11) is 0. The van der Waals surface area contributed by atoms with Crippen LogP contribution < -0.4 is 5.43 Å². The molecule has 194 valence electrons. The third-order valence-electron chi connectivity index (χ3n) is 9.27. The lowest BCUT2D eigenvalue weighted by Gasteiger charge is -2.55.